The highest BCUT2D eigenvalue weighted by molar-refractivity contribution is 4.63. The zero-order valence-corrected chi connectivity index (χ0v) is 7.75. The first kappa shape index (κ1) is 10.9. The van der Waals surface area contributed by atoms with E-state index in [9.17, 15) is 5.11 Å². The van der Waals surface area contributed by atoms with Gasteiger partial charge in [-0.25, -0.2) is 0 Å². The minimum atomic E-state index is -0.235. The Labute approximate surface area is 69.2 Å². The second-order valence-corrected chi connectivity index (χ2v) is 3.38. The standard InChI is InChI=1S/C9H20O2/c1-4-9(11)7(2)5-6-8(3)10/h7-11H,4-6H2,1-3H3. The average Bonchev–Trinajstić information content (AvgIpc) is 1.98. The van der Waals surface area contributed by atoms with Crippen LogP contribution in [-0.2, 0) is 0 Å². The third kappa shape index (κ3) is 5.22. The number of rotatable bonds is 5. The smallest absolute Gasteiger partial charge is 0.0563 e. The van der Waals surface area contributed by atoms with Gasteiger partial charge in [0.2, 0.25) is 0 Å². The summed E-state index contributed by atoms with van der Waals surface area (Å²) in [5, 5.41) is 18.3. The summed E-state index contributed by atoms with van der Waals surface area (Å²) in [4.78, 5) is 0. The first-order chi connectivity index (χ1) is 5.07. The predicted molar refractivity (Wildman–Crippen MR) is 46.4 cm³/mol. The zero-order chi connectivity index (χ0) is 8.85. The van der Waals surface area contributed by atoms with Crippen LogP contribution in [-0.4, -0.2) is 22.4 Å². The van der Waals surface area contributed by atoms with Gasteiger partial charge >= 0.3 is 0 Å². The molecule has 3 atom stereocenters. The summed E-state index contributed by atoms with van der Waals surface area (Å²) < 4.78 is 0. The van der Waals surface area contributed by atoms with Crippen molar-refractivity contribution in [2.45, 2.75) is 52.2 Å². The highest BCUT2D eigenvalue weighted by Crippen LogP contribution is 2.14. The molecule has 0 radical (unpaired) electrons. The van der Waals surface area contributed by atoms with Gasteiger partial charge in [0.05, 0.1) is 12.2 Å². The number of hydrogen-bond acceptors (Lipinski definition) is 2. The van der Waals surface area contributed by atoms with E-state index in [-0.39, 0.29) is 12.2 Å². The van der Waals surface area contributed by atoms with Crippen molar-refractivity contribution in [1.29, 1.82) is 0 Å². The van der Waals surface area contributed by atoms with E-state index >= 15 is 0 Å². The molecule has 0 spiro atoms. The Hall–Kier alpha value is -0.0800. The van der Waals surface area contributed by atoms with E-state index in [1.165, 1.54) is 0 Å². The van der Waals surface area contributed by atoms with Crippen molar-refractivity contribution >= 4 is 0 Å². The molecule has 2 heteroatoms. The fourth-order valence-corrected chi connectivity index (χ4v) is 1.10. The van der Waals surface area contributed by atoms with Crippen molar-refractivity contribution in [1.82, 2.24) is 0 Å². The van der Waals surface area contributed by atoms with Gasteiger partial charge in [-0.1, -0.05) is 13.8 Å². The second kappa shape index (κ2) is 5.56. The van der Waals surface area contributed by atoms with E-state index in [0.29, 0.717) is 5.92 Å². The molecule has 11 heavy (non-hydrogen) atoms. The molecular weight excluding hydrogens is 140 g/mol. The van der Waals surface area contributed by atoms with E-state index in [0.717, 1.165) is 19.3 Å². The van der Waals surface area contributed by atoms with E-state index in [1.807, 2.05) is 13.8 Å². The van der Waals surface area contributed by atoms with Crippen molar-refractivity contribution in [3.63, 3.8) is 0 Å². The van der Waals surface area contributed by atoms with Crippen LogP contribution in [0.5, 0.6) is 0 Å². The van der Waals surface area contributed by atoms with Gasteiger partial charge in [-0.3, -0.25) is 0 Å². The molecule has 0 aromatic rings. The Morgan fingerprint density at radius 3 is 2.00 bits per heavy atom. The SMILES string of the molecule is CCC(O)C(C)CCC(C)O. The van der Waals surface area contributed by atoms with Crippen LogP contribution in [0.25, 0.3) is 0 Å². The summed E-state index contributed by atoms with van der Waals surface area (Å²) in [5.74, 6) is 0.314. The molecule has 0 bridgehead atoms. The third-order valence-electron chi connectivity index (χ3n) is 2.11. The Morgan fingerprint density at radius 1 is 1.09 bits per heavy atom. The van der Waals surface area contributed by atoms with Crippen LogP contribution in [0.15, 0.2) is 0 Å². The van der Waals surface area contributed by atoms with Crippen molar-refractivity contribution in [2.24, 2.45) is 5.92 Å². The molecule has 3 unspecified atom stereocenters. The van der Waals surface area contributed by atoms with Gasteiger partial charge in [-0.15, -0.1) is 0 Å². The van der Waals surface area contributed by atoms with Crippen LogP contribution >= 0.6 is 0 Å². The van der Waals surface area contributed by atoms with Crippen molar-refractivity contribution in [3.8, 4) is 0 Å². The highest BCUT2D eigenvalue weighted by Gasteiger charge is 2.12. The average molecular weight is 160 g/mol. The van der Waals surface area contributed by atoms with Gasteiger partial charge in [-0.2, -0.15) is 0 Å². The first-order valence-electron chi connectivity index (χ1n) is 4.44. The lowest BCUT2D eigenvalue weighted by Crippen LogP contribution is -2.17. The molecule has 0 aromatic carbocycles. The summed E-state index contributed by atoms with van der Waals surface area (Å²) in [7, 11) is 0. The molecule has 0 amide bonds. The molecule has 0 aliphatic carbocycles. The summed E-state index contributed by atoms with van der Waals surface area (Å²) in [5.41, 5.74) is 0. The first-order valence-corrected chi connectivity index (χ1v) is 4.44. The fourth-order valence-electron chi connectivity index (χ4n) is 1.10. The van der Waals surface area contributed by atoms with Crippen molar-refractivity contribution < 1.29 is 10.2 Å². The minimum absolute atomic E-state index is 0.200. The van der Waals surface area contributed by atoms with E-state index in [2.05, 4.69) is 0 Å². The molecule has 0 aliphatic heterocycles. The van der Waals surface area contributed by atoms with Crippen LogP contribution < -0.4 is 0 Å². The highest BCUT2D eigenvalue weighted by atomic mass is 16.3. The molecule has 0 saturated carbocycles. The number of hydrogen-bond donors (Lipinski definition) is 2. The fraction of sp³-hybridized carbons (Fsp3) is 1.00. The lowest BCUT2D eigenvalue weighted by Gasteiger charge is -2.17. The van der Waals surface area contributed by atoms with Crippen molar-refractivity contribution in [2.75, 3.05) is 0 Å². The summed E-state index contributed by atoms with van der Waals surface area (Å²) in [6, 6.07) is 0. The Bertz CT molecular complexity index is 91.6. The summed E-state index contributed by atoms with van der Waals surface area (Å²) in [6.07, 6.45) is 2.07. The van der Waals surface area contributed by atoms with Crippen LogP contribution in [0.1, 0.15) is 40.0 Å². The molecule has 0 heterocycles. The van der Waals surface area contributed by atoms with Crippen molar-refractivity contribution in [3.05, 3.63) is 0 Å². The maximum Gasteiger partial charge on any atom is 0.0563 e. The predicted octanol–water partition coefficient (Wildman–Crippen LogP) is 1.55. The van der Waals surface area contributed by atoms with Crippen LogP contribution in [0.2, 0.25) is 0 Å². The molecule has 2 nitrogen and oxygen atoms in total. The normalized spacial score (nSPS) is 19.4. The van der Waals surface area contributed by atoms with Gasteiger partial charge in [0.25, 0.3) is 0 Å². The largest absolute Gasteiger partial charge is 0.393 e. The Kier molecular flexibility index (Phi) is 5.51. The van der Waals surface area contributed by atoms with E-state index < -0.39 is 0 Å². The number of aliphatic hydroxyl groups excluding tert-OH is 2. The minimum Gasteiger partial charge on any atom is -0.393 e. The topological polar surface area (TPSA) is 40.5 Å². The lowest BCUT2D eigenvalue weighted by molar-refractivity contribution is 0.0941. The zero-order valence-electron chi connectivity index (χ0n) is 7.75. The number of aliphatic hydroxyl groups is 2. The van der Waals surface area contributed by atoms with Gasteiger partial charge in [0.1, 0.15) is 0 Å². The molecule has 0 aromatic heterocycles. The summed E-state index contributed by atoms with van der Waals surface area (Å²) in [6.45, 7) is 5.78. The monoisotopic (exact) mass is 160 g/mol. The van der Waals surface area contributed by atoms with Gasteiger partial charge in [-0.05, 0) is 32.1 Å². The molecule has 2 N–H and O–H groups in total. The summed E-state index contributed by atoms with van der Waals surface area (Å²) >= 11 is 0. The Balaban J connectivity index is 3.43. The quantitative estimate of drug-likeness (QED) is 0.640. The second-order valence-electron chi connectivity index (χ2n) is 3.38. The molecule has 68 valence electrons. The molecular formula is C9H20O2. The van der Waals surface area contributed by atoms with Gasteiger partial charge in [0, 0.05) is 0 Å². The molecule has 0 rings (SSSR count). The molecule has 0 saturated heterocycles. The van der Waals surface area contributed by atoms with Crippen LogP contribution in [0, 0.1) is 5.92 Å². The van der Waals surface area contributed by atoms with Crippen LogP contribution in [0.4, 0.5) is 0 Å². The van der Waals surface area contributed by atoms with Crippen LogP contribution in [0.3, 0.4) is 0 Å². The van der Waals surface area contributed by atoms with E-state index in [4.69, 9.17) is 5.11 Å². The molecule has 0 aliphatic rings. The van der Waals surface area contributed by atoms with Gasteiger partial charge < -0.3 is 10.2 Å². The maximum atomic E-state index is 9.36. The molecule has 0 fully saturated rings. The van der Waals surface area contributed by atoms with E-state index in [1.54, 1.807) is 6.92 Å². The Morgan fingerprint density at radius 2 is 1.64 bits per heavy atom. The third-order valence-corrected chi connectivity index (χ3v) is 2.11. The maximum absolute atomic E-state index is 9.36. The lowest BCUT2D eigenvalue weighted by atomic mass is 9.96. The van der Waals surface area contributed by atoms with Gasteiger partial charge in [0.15, 0.2) is 0 Å².